The first-order chi connectivity index (χ1) is 26.3. The van der Waals surface area contributed by atoms with E-state index in [1.807, 2.05) is 0 Å². The van der Waals surface area contributed by atoms with Crippen molar-refractivity contribution in [1.29, 1.82) is 0 Å². The Morgan fingerprint density at radius 2 is 0.585 bits per heavy atom. The molecule has 250 valence electrons. The molecule has 0 atom stereocenters. The second-order valence-corrected chi connectivity index (χ2v) is 13.4. The van der Waals surface area contributed by atoms with E-state index in [9.17, 15) is 0 Å². The molecule has 0 aromatic heterocycles. The van der Waals surface area contributed by atoms with Gasteiger partial charge in [-0.15, -0.1) is 0 Å². The number of nitrogens with zero attached hydrogens (tertiary/aromatic N) is 1. The third kappa shape index (κ3) is 6.65. The summed E-state index contributed by atoms with van der Waals surface area (Å²) in [6, 6.07) is 80.8. The van der Waals surface area contributed by atoms with Gasteiger partial charge in [-0.05, 0) is 109 Å². The van der Waals surface area contributed by atoms with Crippen molar-refractivity contribution < 1.29 is 0 Å². The first-order valence-electron chi connectivity index (χ1n) is 18.2. The minimum Gasteiger partial charge on any atom is -0.310 e. The summed E-state index contributed by atoms with van der Waals surface area (Å²) in [5, 5.41) is 2.51. The molecule has 0 saturated carbocycles. The summed E-state index contributed by atoms with van der Waals surface area (Å²) in [4.78, 5) is 2.38. The van der Waals surface area contributed by atoms with Gasteiger partial charge in [0.1, 0.15) is 0 Å². The Labute approximate surface area is 311 Å². The molecule has 0 saturated heterocycles. The molecule has 0 amide bonds. The highest BCUT2D eigenvalue weighted by Gasteiger charge is 2.16. The van der Waals surface area contributed by atoms with Crippen LogP contribution in [0.3, 0.4) is 0 Å². The Hall–Kier alpha value is -6.96. The van der Waals surface area contributed by atoms with E-state index in [0.717, 1.165) is 17.1 Å². The standard InChI is InChI=1S/C52H37N/c1-3-14-38(15-4-1)40-30-32-41(33-31-40)45-22-11-26-49(36-45)53(48-25-10-21-44(35-48)39-16-5-2-6-17-39)50-27-12-23-46(37-50)43-20-9-24-47(34-43)52-29-13-19-42-18-7-8-28-51(42)52/h1-37H. The van der Waals surface area contributed by atoms with Gasteiger partial charge in [-0.2, -0.15) is 0 Å². The van der Waals surface area contributed by atoms with E-state index in [0.29, 0.717) is 0 Å². The minimum atomic E-state index is 1.10. The Balaban J connectivity index is 1.13. The number of rotatable bonds is 8. The third-order valence-electron chi connectivity index (χ3n) is 10.0. The molecule has 1 heteroatoms. The van der Waals surface area contributed by atoms with Gasteiger partial charge in [0.05, 0.1) is 0 Å². The molecular formula is C52H37N. The van der Waals surface area contributed by atoms with Crippen LogP contribution in [0.15, 0.2) is 224 Å². The summed E-state index contributed by atoms with van der Waals surface area (Å²) in [7, 11) is 0. The molecule has 9 aromatic carbocycles. The van der Waals surface area contributed by atoms with Crippen LogP contribution in [-0.4, -0.2) is 0 Å². The maximum atomic E-state index is 2.38. The predicted octanol–water partition coefficient (Wildman–Crippen LogP) is 14.6. The van der Waals surface area contributed by atoms with E-state index >= 15 is 0 Å². The maximum absolute atomic E-state index is 2.38. The summed E-state index contributed by atoms with van der Waals surface area (Å²) in [6.07, 6.45) is 0. The van der Waals surface area contributed by atoms with E-state index in [2.05, 4.69) is 229 Å². The van der Waals surface area contributed by atoms with Crippen molar-refractivity contribution in [2.75, 3.05) is 4.90 Å². The van der Waals surface area contributed by atoms with Crippen molar-refractivity contribution in [3.63, 3.8) is 0 Å². The molecule has 0 fully saturated rings. The highest BCUT2D eigenvalue weighted by Crippen LogP contribution is 2.40. The number of fused-ring (bicyclic) bond motifs is 1. The Kier molecular flexibility index (Phi) is 8.66. The zero-order chi connectivity index (χ0) is 35.4. The highest BCUT2D eigenvalue weighted by molar-refractivity contribution is 5.97. The fraction of sp³-hybridized carbons (Fsp3) is 0. The topological polar surface area (TPSA) is 3.24 Å². The molecule has 0 bridgehead atoms. The lowest BCUT2D eigenvalue weighted by Crippen LogP contribution is -2.10. The molecule has 0 aliphatic carbocycles. The van der Waals surface area contributed by atoms with Gasteiger partial charge in [-0.25, -0.2) is 0 Å². The van der Waals surface area contributed by atoms with E-state index in [1.54, 1.807) is 0 Å². The molecule has 0 heterocycles. The van der Waals surface area contributed by atoms with Crippen LogP contribution in [0, 0.1) is 0 Å². The minimum absolute atomic E-state index is 1.10. The van der Waals surface area contributed by atoms with E-state index in [-0.39, 0.29) is 0 Å². The Morgan fingerprint density at radius 3 is 1.17 bits per heavy atom. The summed E-state index contributed by atoms with van der Waals surface area (Å²) >= 11 is 0. The summed E-state index contributed by atoms with van der Waals surface area (Å²) in [5.74, 6) is 0. The van der Waals surface area contributed by atoms with Crippen LogP contribution in [0.1, 0.15) is 0 Å². The smallest absolute Gasteiger partial charge is 0.0467 e. The van der Waals surface area contributed by atoms with Gasteiger partial charge >= 0.3 is 0 Å². The molecule has 0 aliphatic rings. The average Bonchev–Trinajstić information content (AvgIpc) is 3.25. The fourth-order valence-electron chi connectivity index (χ4n) is 7.38. The summed E-state index contributed by atoms with van der Waals surface area (Å²) in [5.41, 5.74) is 15.3. The highest BCUT2D eigenvalue weighted by atomic mass is 15.1. The Morgan fingerprint density at radius 1 is 0.226 bits per heavy atom. The third-order valence-corrected chi connectivity index (χ3v) is 10.0. The van der Waals surface area contributed by atoms with Crippen molar-refractivity contribution in [2.45, 2.75) is 0 Å². The van der Waals surface area contributed by atoms with Crippen LogP contribution in [0.2, 0.25) is 0 Å². The van der Waals surface area contributed by atoms with E-state index in [1.165, 1.54) is 66.4 Å². The second kappa shape index (κ2) is 14.3. The lowest BCUT2D eigenvalue weighted by atomic mass is 9.95. The number of hydrogen-bond acceptors (Lipinski definition) is 1. The molecule has 0 unspecified atom stereocenters. The molecule has 53 heavy (non-hydrogen) atoms. The van der Waals surface area contributed by atoms with Crippen LogP contribution in [0.5, 0.6) is 0 Å². The van der Waals surface area contributed by atoms with Gasteiger partial charge in [-0.1, -0.05) is 182 Å². The van der Waals surface area contributed by atoms with Crippen molar-refractivity contribution >= 4 is 27.8 Å². The van der Waals surface area contributed by atoms with E-state index in [4.69, 9.17) is 0 Å². The molecule has 1 nitrogen and oxygen atoms in total. The molecule has 0 radical (unpaired) electrons. The normalized spacial score (nSPS) is 11.0. The van der Waals surface area contributed by atoms with Crippen LogP contribution in [0.4, 0.5) is 17.1 Å². The quantitative estimate of drug-likeness (QED) is 0.155. The number of anilines is 3. The van der Waals surface area contributed by atoms with Gasteiger partial charge in [0.25, 0.3) is 0 Å². The van der Waals surface area contributed by atoms with Gasteiger partial charge in [0, 0.05) is 17.1 Å². The van der Waals surface area contributed by atoms with Crippen molar-refractivity contribution in [3.05, 3.63) is 224 Å². The van der Waals surface area contributed by atoms with Gasteiger partial charge < -0.3 is 4.90 Å². The van der Waals surface area contributed by atoms with Crippen LogP contribution < -0.4 is 4.90 Å². The average molecular weight is 676 g/mol. The maximum Gasteiger partial charge on any atom is 0.0467 e. The van der Waals surface area contributed by atoms with Crippen molar-refractivity contribution in [3.8, 4) is 55.6 Å². The zero-order valence-corrected chi connectivity index (χ0v) is 29.3. The molecule has 0 aliphatic heterocycles. The van der Waals surface area contributed by atoms with Crippen LogP contribution in [-0.2, 0) is 0 Å². The molecule has 0 spiro atoms. The second-order valence-electron chi connectivity index (χ2n) is 13.4. The lowest BCUT2D eigenvalue weighted by Gasteiger charge is -2.27. The van der Waals surface area contributed by atoms with Gasteiger partial charge in [0.2, 0.25) is 0 Å². The summed E-state index contributed by atoms with van der Waals surface area (Å²) in [6.45, 7) is 0. The largest absolute Gasteiger partial charge is 0.310 e. The zero-order valence-electron chi connectivity index (χ0n) is 29.3. The number of benzene rings is 9. The molecular weight excluding hydrogens is 639 g/mol. The number of hydrogen-bond donors (Lipinski definition) is 0. The monoisotopic (exact) mass is 675 g/mol. The van der Waals surface area contributed by atoms with E-state index < -0.39 is 0 Å². The first kappa shape index (κ1) is 32.0. The summed E-state index contributed by atoms with van der Waals surface area (Å²) < 4.78 is 0. The lowest BCUT2D eigenvalue weighted by molar-refractivity contribution is 1.28. The fourth-order valence-corrected chi connectivity index (χ4v) is 7.38. The molecule has 0 N–H and O–H groups in total. The SMILES string of the molecule is c1ccc(-c2ccc(-c3cccc(N(c4cccc(-c5ccccc5)c4)c4cccc(-c5cccc(-c6cccc7ccccc67)c5)c4)c3)cc2)cc1. The van der Waals surface area contributed by atoms with Gasteiger partial charge in [-0.3, -0.25) is 0 Å². The van der Waals surface area contributed by atoms with Crippen molar-refractivity contribution in [2.24, 2.45) is 0 Å². The van der Waals surface area contributed by atoms with Crippen molar-refractivity contribution in [1.82, 2.24) is 0 Å². The van der Waals surface area contributed by atoms with Gasteiger partial charge in [0.15, 0.2) is 0 Å². The predicted molar refractivity (Wildman–Crippen MR) is 226 cm³/mol. The molecule has 9 rings (SSSR count). The first-order valence-corrected chi connectivity index (χ1v) is 18.2. The Bertz CT molecular complexity index is 2650. The molecule has 9 aromatic rings. The van der Waals surface area contributed by atoms with Crippen LogP contribution in [0.25, 0.3) is 66.4 Å². The van der Waals surface area contributed by atoms with Crippen LogP contribution >= 0.6 is 0 Å².